The normalized spacial score (nSPS) is 11.3. The van der Waals surface area contributed by atoms with Crippen molar-refractivity contribution >= 4 is 33.0 Å². The maximum atomic E-state index is 13.6. The number of nitrogens with two attached hydrogens (primary N) is 1. The molecule has 1 heterocycles. The summed E-state index contributed by atoms with van der Waals surface area (Å²) in [5.41, 5.74) is 6.23. The first kappa shape index (κ1) is 14.5. The van der Waals surface area contributed by atoms with Gasteiger partial charge in [0.1, 0.15) is 15.9 Å². The molecular formula is C12H11ClFN3O2S. The zero-order valence-corrected chi connectivity index (χ0v) is 12.0. The predicted molar refractivity (Wildman–Crippen MR) is 75.6 cm³/mol. The number of pyridine rings is 1. The Hall–Kier alpha value is -1.86. The highest BCUT2D eigenvalue weighted by Gasteiger charge is 2.20. The van der Waals surface area contributed by atoms with Crippen molar-refractivity contribution in [2.45, 2.75) is 11.8 Å². The van der Waals surface area contributed by atoms with Crippen LogP contribution in [0.25, 0.3) is 0 Å². The van der Waals surface area contributed by atoms with Crippen molar-refractivity contribution in [3.8, 4) is 0 Å². The molecule has 3 N–H and O–H groups in total. The van der Waals surface area contributed by atoms with E-state index in [2.05, 4.69) is 9.71 Å². The molecule has 0 fully saturated rings. The number of benzene rings is 1. The highest BCUT2D eigenvalue weighted by molar-refractivity contribution is 7.92. The van der Waals surface area contributed by atoms with Crippen molar-refractivity contribution in [3.05, 3.63) is 47.0 Å². The molecule has 20 heavy (non-hydrogen) atoms. The number of aromatic nitrogens is 1. The summed E-state index contributed by atoms with van der Waals surface area (Å²) in [6.45, 7) is 1.58. The lowest BCUT2D eigenvalue weighted by Gasteiger charge is -2.11. The van der Waals surface area contributed by atoms with E-state index in [0.717, 1.165) is 12.1 Å². The van der Waals surface area contributed by atoms with Gasteiger partial charge < -0.3 is 5.73 Å². The van der Waals surface area contributed by atoms with Crippen molar-refractivity contribution in [2.24, 2.45) is 0 Å². The van der Waals surface area contributed by atoms with Crippen molar-refractivity contribution in [1.82, 2.24) is 4.98 Å². The predicted octanol–water partition coefficient (Wildman–Crippen LogP) is 2.57. The summed E-state index contributed by atoms with van der Waals surface area (Å²) < 4.78 is 40.2. The monoisotopic (exact) mass is 315 g/mol. The van der Waals surface area contributed by atoms with Crippen LogP contribution in [0.15, 0.2) is 35.2 Å². The van der Waals surface area contributed by atoms with Crippen molar-refractivity contribution < 1.29 is 12.8 Å². The number of nitrogen functional groups attached to an aromatic ring is 1. The largest absolute Gasteiger partial charge is 0.399 e. The van der Waals surface area contributed by atoms with Gasteiger partial charge in [0.05, 0.1) is 11.4 Å². The molecule has 2 aromatic rings. The number of halogens is 2. The molecule has 2 rings (SSSR count). The molecule has 8 heteroatoms. The number of rotatable bonds is 3. The van der Waals surface area contributed by atoms with Gasteiger partial charge in [-0.1, -0.05) is 11.6 Å². The number of aryl methyl sites for hydroxylation is 1. The number of hydrogen-bond donors (Lipinski definition) is 2. The fourth-order valence-corrected chi connectivity index (χ4v) is 2.98. The summed E-state index contributed by atoms with van der Waals surface area (Å²) in [6, 6.07) is 6.21. The molecule has 0 spiro atoms. The standard InChI is InChI=1S/C12H11ClFN3O2S/c1-7-10(4-5-12(13)16-7)17-20(18,19)11-6-8(15)2-3-9(11)14/h2-6,17H,15H2,1H3. The molecular weight excluding hydrogens is 305 g/mol. The van der Waals surface area contributed by atoms with E-state index in [4.69, 9.17) is 17.3 Å². The molecule has 0 atom stereocenters. The lowest BCUT2D eigenvalue weighted by atomic mass is 10.3. The number of sulfonamides is 1. The number of nitrogens with zero attached hydrogens (tertiary/aromatic N) is 1. The van der Waals surface area contributed by atoms with Crippen LogP contribution in [-0.2, 0) is 10.0 Å². The maximum Gasteiger partial charge on any atom is 0.264 e. The zero-order chi connectivity index (χ0) is 14.9. The Labute approximate surface area is 120 Å². The van der Waals surface area contributed by atoms with Crippen molar-refractivity contribution in [2.75, 3.05) is 10.5 Å². The first-order chi connectivity index (χ1) is 9.29. The number of nitrogens with one attached hydrogen (secondary N) is 1. The van der Waals surface area contributed by atoms with Gasteiger partial charge in [0.25, 0.3) is 10.0 Å². The molecule has 0 saturated heterocycles. The second-order valence-corrected chi connectivity index (χ2v) is 6.10. The van der Waals surface area contributed by atoms with Crippen LogP contribution >= 0.6 is 11.6 Å². The van der Waals surface area contributed by atoms with Crippen LogP contribution in [0.4, 0.5) is 15.8 Å². The van der Waals surface area contributed by atoms with Gasteiger partial charge in [0, 0.05) is 5.69 Å². The topological polar surface area (TPSA) is 85.1 Å². The molecule has 0 amide bonds. The lowest BCUT2D eigenvalue weighted by Crippen LogP contribution is -2.16. The van der Waals surface area contributed by atoms with Crippen LogP contribution in [0.2, 0.25) is 5.15 Å². The maximum absolute atomic E-state index is 13.6. The highest BCUT2D eigenvalue weighted by Crippen LogP contribution is 2.23. The Bertz CT molecular complexity index is 765. The van der Waals surface area contributed by atoms with E-state index in [-0.39, 0.29) is 16.5 Å². The summed E-state index contributed by atoms with van der Waals surface area (Å²) in [6.07, 6.45) is 0. The molecule has 0 aliphatic carbocycles. The Balaban J connectivity index is 2.43. The third-order valence-corrected chi connectivity index (χ3v) is 4.13. The minimum Gasteiger partial charge on any atom is -0.399 e. The average molecular weight is 316 g/mol. The first-order valence-electron chi connectivity index (χ1n) is 5.50. The second kappa shape index (κ2) is 5.26. The molecule has 1 aromatic carbocycles. The smallest absolute Gasteiger partial charge is 0.264 e. The van der Waals surface area contributed by atoms with Crippen molar-refractivity contribution in [1.29, 1.82) is 0 Å². The van der Waals surface area contributed by atoms with Gasteiger partial charge in [-0.15, -0.1) is 0 Å². The number of hydrogen-bond acceptors (Lipinski definition) is 4. The molecule has 0 radical (unpaired) electrons. The molecule has 0 saturated carbocycles. The average Bonchev–Trinajstić information content (AvgIpc) is 2.35. The van der Waals surface area contributed by atoms with Crippen LogP contribution in [0.1, 0.15) is 5.69 Å². The quantitative estimate of drug-likeness (QED) is 0.673. The van der Waals surface area contributed by atoms with Gasteiger partial charge in [-0.2, -0.15) is 0 Å². The fourth-order valence-electron chi connectivity index (χ4n) is 1.56. The fraction of sp³-hybridized carbons (Fsp3) is 0.0833. The van der Waals surface area contributed by atoms with Gasteiger partial charge >= 0.3 is 0 Å². The summed E-state index contributed by atoms with van der Waals surface area (Å²) in [5.74, 6) is -0.883. The first-order valence-corrected chi connectivity index (χ1v) is 7.37. The van der Waals surface area contributed by atoms with E-state index >= 15 is 0 Å². The molecule has 1 aromatic heterocycles. The summed E-state index contributed by atoms with van der Waals surface area (Å²) in [5, 5.41) is 0.237. The van der Waals surface area contributed by atoms with E-state index < -0.39 is 20.7 Å². The third-order valence-electron chi connectivity index (χ3n) is 2.54. The Morgan fingerprint density at radius 1 is 1.30 bits per heavy atom. The van der Waals surface area contributed by atoms with Crippen LogP contribution in [0, 0.1) is 12.7 Å². The molecule has 106 valence electrons. The second-order valence-electron chi connectivity index (χ2n) is 4.06. The van der Waals surface area contributed by atoms with Gasteiger partial charge in [0.2, 0.25) is 0 Å². The SMILES string of the molecule is Cc1nc(Cl)ccc1NS(=O)(=O)c1cc(N)ccc1F. The van der Waals surface area contributed by atoms with Gasteiger partial charge in [-0.25, -0.2) is 17.8 Å². The summed E-state index contributed by atoms with van der Waals surface area (Å²) >= 11 is 5.69. The van der Waals surface area contributed by atoms with Crippen LogP contribution < -0.4 is 10.5 Å². The Morgan fingerprint density at radius 2 is 2.00 bits per heavy atom. The van der Waals surface area contributed by atoms with Gasteiger partial charge in [-0.05, 0) is 37.3 Å². The van der Waals surface area contributed by atoms with E-state index in [9.17, 15) is 12.8 Å². The van der Waals surface area contributed by atoms with Crippen LogP contribution in [0.3, 0.4) is 0 Å². The van der Waals surface area contributed by atoms with E-state index in [1.54, 1.807) is 6.92 Å². The zero-order valence-electron chi connectivity index (χ0n) is 10.4. The number of anilines is 2. The van der Waals surface area contributed by atoms with E-state index in [1.165, 1.54) is 18.2 Å². The van der Waals surface area contributed by atoms with Crippen LogP contribution in [0.5, 0.6) is 0 Å². The summed E-state index contributed by atoms with van der Waals surface area (Å²) in [7, 11) is -4.09. The molecule has 0 aliphatic rings. The van der Waals surface area contributed by atoms with Crippen molar-refractivity contribution in [3.63, 3.8) is 0 Å². The Kier molecular flexibility index (Phi) is 3.82. The lowest BCUT2D eigenvalue weighted by molar-refractivity contribution is 0.570. The molecule has 0 bridgehead atoms. The Morgan fingerprint density at radius 3 is 2.65 bits per heavy atom. The molecule has 0 aliphatic heterocycles. The van der Waals surface area contributed by atoms with Gasteiger partial charge in [-0.3, -0.25) is 4.72 Å². The van der Waals surface area contributed by atoms with E-state index in [1.807, 2.05) is 0 Å². The minimum absolute atomic E-state index is 0.151. The highest BCUT2D eigenvalue weighted by atomic mass is 35.5. The van der Waals surface area contributed by atoms with Gasteiger partial charge in [0.15, 0.2) is 0 Å². The van der Waals surface area contributed by atoms with E-state index in [0.29, 0.717) is 5.69 Å². The third kappa shape index (κ3) is 3.00. The molecule has 5 nitrogen and oxygen atoms in total. The summed E-state index contributed by atoms with van der Waals surface area (Å²) in [4.78, 5) is 3.39. The minimum atomic E-state index is -4.09. The van der Waals surface area contributed by atoms with Crippen LogP contribution in [-0.4, -0.2) is 13.4 Å². The molecule has 0 unspecified atom stereocenters.